The van der Waals surface area contributed by atoms with Gasteiger partial charge in [-0.05, 0) is 22.0 Å². The monoisotopic (exact) mass is 206 g/mol. The molecule has 0 saturated heterocycles. The van der Waals surface area contributed by atoms with E-state index in [-0.39, 0.29) is 12.4 Å². The molecule has 0 N–H and O–H groups in total. The lowest BCUT2D eigenvalue weighted by atomic mass is 10.4. The van der Waals surface area contributed by atoms with Gasteiger partial charge in [0.25, 0.3) is 6.43 Å². The average molecular weight is 207 g/mol. The van der Waals surface area contributed by atoms with Crippen molar-refractivity contribution in [2.75, 3.05) is 0 Å². The number of allylic oxidation sites excluding steroid dienone is 1. The van der Waals surface area contributed by atoms with E-state index in [2.05, 4.69) is 0 Å². The van der Waals surface area contributed by atoms with E-state index in [0.717, 1.165) is 0 Å². The molecule has 0 fully saturated rings. The van der Waals surface area contributed by atoms with Crippen molar-refractivity contribution in [2.24, 2.45) is 0 Å². The lowest BCUT2D eigenvalue weighted by Crippen LogP contribution is -2.20. The van der Waals surface area contributed by atoms with E-state index in [4.69, 9.17) is 0 Å². The van der Waals surface area contributed by atoms with Crippen LogP contribution in [0.25, 0.3) is 0 Å². The van der Waals surface area contributed by atoms with E-state index in [1.807, 2.05) is 15.9 Å². The van der Waals surface area contributed by atoms with Crippen molar-refractivity contribution in [3.8, 4) is 0 Å². The molecule has 9 heavy (non-hydrogen) atoms. The number of hydrogen-bond acceptors (Lipinski definition) is 0. The summed E-state index contributed by atoms with van der Waals surface area (Å²) in [5, 5.41) is 0. The van der Waals surface area contributed by atoms with Crippen LogP contribution in [-0.2, 0) is 0 Å². The zero-order chi connectivity index (χ0) is 7.49. The maximum absolute atomic E-state index is 12.1. The zero-order valence-corrected chi connectivity index (χ0v) is 5.71. The first kappa shape index (κ1) is 8.94. The summed E-state index contributed by atoms with van der Waals surface area (Å²) in [5.41, 5.74) is 0. The average Bonchev–Trinajstić information content (AvgIpc) is 1.65. The van der Waals surface area contributed by atoms with Gasteiger partial charge in [-0.25, -0.2) is 17.6 Å². The minimum absolute atomic E-state index is 0.0949. The van der Waals surface area contributed by atoms with E-state index >= 15 is 0 Å². The number of halogens is 5. The van der Waals surface area contributed by atoms with Gasteiger partial charge in [-0.1, -0.05) is 0 Å². The molecule has 0 aliphatic heterocycles. The second-order valence-corrected chi connectivity index (χ2v) is 2.48. The molecule has 0 amide bonds. The molecule has 0 aliphatic rings. The van der Waals surface area contributed by atoms with Crippen LogP contribution in [0.3, 0.4) is 0 Å². The Morgan fingerprint density at radius 3 is 2.00 bits per heavy atom. The lowest BCUT2D eigenvalue weighted by Gasteiger charge is -2.09. The number of hydrogen-bond donors (Lipinski definition) is 0. The van der Waals surface area contributed by atoms with Crippen molar-refractivity contribution in [2.45, 2.75) is 11.0 Å². The molecule has 0 aromatic carbocycles. The Morgan fingerprint density at radius 1 is 1.44 bits per heavy atom. The second-order valence-electron chi connectivity index (χ2n) is 1.27. The van der Waals surface area contributed by atoms with Gasteiger partial charge in [-0.2, -0.15) is 0 Å². The molecular formula is C4H3BrF4. The highest BCUT2D eigenvalue weighted by Crippen LogP contribution is 2.29. The first-order valence-electron chi connectivity index (χ1n) is 1.94. The van der Waals surface area contributed by atoms with E-state index in [1.165, 1.54) is 0 Å². The SMILES string of the molecule is FC=CC(F)(Br)C(F)F. The van der Waals surface area contributed by atoms with Crippen molar-refractivity contribution in [1.29, 1.82) is 0 Å². The molecule has 0 spiro atoms. The fourth-order valence-corrected chi connectivity index (χ4v) is 0.257. The molecule has 0 rings (SSSR count). The molecule has 0 saturated carbocycles. The highest BCUT2D eigenvalue weighted by molar-refractivity contribution is 9.10. The van der Waals surface area contributed by atoms with Gasteiger partial charge in [0.1, 0.15) is 0 Å². The van der Waals surface area contributed by atoms with Crippen LogP contribution >= 0.6 is 15.9 Å². The third-order valence-corrected chi connectivity index (χ3v) is 1.19. The van der Waals surface area contributed by atoms with Crippen molar-refractivity contribution in [1.82, 2.24) is 0 Å². The minimum atomic E-state index is -3.26. The Morgan fingerprint density at radius 2 is 1.89 bits per heavy atom. The maximum atomic E-state index is 12.1. The molecule has 54 valence electrons. The van der Waals surface area contributed by atoms with Crippen LogP contribution in [0.2, 0.25) is 0 Å². The van der Waals surface area contributed by atoms with Gasteiger partial charge in [-0.15, -0.1) is 0 Å². The van der Waals surface area contributed by atoms with Crippen LogP contribution in [0.4, 0.5) is 17.6 Å². The van der Waals surface area contributed by atoms with Crippen LogP contribution in [0.1, 0.15) is 0 Å². The van der Waals surface area contributed by atoms with Gasteiger partial charge in [0, 0.05) is 0 Å². The minimum Gasteiger partial charge on any atom is -0.220 e. The normalized spacial score (nSPS) is 18.9. The van der Waals surface area contributed by atoms with E-state index in [9.17, 15) is 17.6 Å². The predicted molar refractivity (Wildman–Crippen MR) is 29.0 cm³/mol. The van der Waals surface area contributed by atoms with E-state index < -0.39 is 11.0 Å². The van der Waals surface area contributed by atoms with Gasteiger partial charge < -0.3 is 0 Å². The molecule has 1 atom stereocenters. The molecule has 0 bridgehead atoms. The number of rotatable bonds is 2. The summed E-state index contributed by atoms with van der Waals surface area (Å²) in [7, 11) is 0. The van der Waals surface area contributed by atoms with Crippen LogP contribution in [0.5, 0.6) is 0 Å². The Kier molecular flexibility index (Phi) is 3.17. The summed E-state index contributed by atoms with van der Waals surface area (Å²) in [5.74, 6) is 0. The fourth-order valence-electron chi connectivity index (χ4n) is 0.157. The Balaban J connectivity index is 4.01. The van der Waals surface area contributed by atoms with Crippen LogP contribution < -0.4 is 0 Å². The number of alkyl halides is 4. The summed E-state index contributed by atoms with van der Waals surface area (Å²) in [6, 6.07) is 0. The van der Waals surface area contributed by atoms with Crippen LogP contribution in [0, 0.1) is 0 Å². The van der Waals surface area contributed by atoms with Crippen molar-refractivity contribution in [3.05, 3.63) is 12.4 Å². The summed E-state index contributed by atoms with van der Waals surface area (Å²) in [6.07, 6.45) is -3.44. The topological polar surface area (TPSA) is 0 Å². The van der Waals surface area contributed by atoms with E-state index in [0.29, 0.717) is 0 Å². The Bertz CT molecular complexity index is 109. The molecule has 0 aromatic heterocycles. The summed E-state index contributed by atoms with van der Waals surface area (Å²) in [4.78, 5) is 0. The molecule has 1 unspecified atom stereocenters. The largest absolute Gasteiger partial charge is 0.285 e. The molecule has 5 heteroatoms. The Labute approximate surface area is 57.7 Å². The fraction of sp³-hybridized carbons (Fsp3) is 0.500. The molecular weight excluding hydrogens is 204 g/mol. The summed E-state index contributed by atoms with van der Waals surface area (Å²) in [6.45, 7) is 0. The smallest absolute Gasteiger partial charge is 0.220 e. The zero-order valence-electron chi connectivity index (χ0n) is 4.12. The molecule has 0 aromatic rings. The molecule has 0 radical (unpaired) electrons. The first-order chi connectivity index (χ1) is 4.00. The van der Waals surface area contributed by atoms with Crippen molar-refractivity contribution < 1.29 is 17.6 Å². The van der Waals surface area contributed by atoms with Gasteiger partial charge in [0.2, 0.25) is 4.58 Å². The van der Waals surface area contributed by atoms with Crippen LogP contribution in [-0.4, -0.2) is 11.0 Å². The highest BCUT2D eigenvalue weighted by Gasteiger charge is 2.34. The highest BCUT2D eigenvalue weighted by atomic mass is 79.9. The molecule has 0 nitrogen and oxygen atoms in total. The van der Waals surface area contributed by atoms with Crippen molar-refractivity contribution in [3.63, 3.8) is 0 Å². The molecule has 0 heterocycles. The van der Waals surface area contributed by atoms with Gasteiger partial charge in [0.05, 0.1) is 6.33 Å². The third kappa shape index (κ3) is 2.84. The van der Waals surface area contributed by atoms with E-state index in [1.54, 1.807) is 0 Å². The molecule has 0 aliphatic carbocycles. The van der Waals surface area contributed by atoms with Crippen molar-refractivity contribution >= 4 is 15.9 Å². The Hall–Kier alpha value is -0.0600. The third-order valence-electron chi connectivity index (χ3n) is 0.576. The summed E-state index contributed by atoms with van der Waals surface area (Å²) >= 11 is 1.96. The standard InChI is InChI=1S/C4H3BrF4/c5-4(9,1-2-6)3(7)8/h1-3H. The van der Waals surface area contributed by atoms with Gasteiger partial charge >= 0.3 is 0 Å². The first-order valence-corrected chi connectivity index (χ1v) is 2.74. The van der Waals surface area contributed by atoms with Gasteiger partial charge in [0.15, 0.2) is 0 Å². The predicted octanol–water partition coefficient (Wildman–Crippen LogP) is 2.80. The maximum Gasteiger partial charge on any atom is 0.285 e. The lowest BCUT2D eigenvalue weighted by molar-refractivity contribution is 0.0587. The van der Waals surface area contributed by atoms with Gasteiger partial charge in [-0.3, -0.25) is 0 Å². The quantitative estimate of drug-likeness (QED) is 0.482. The second kappa shape index (κ2) is 3.20. The van der Waals surface area contributed by atoms with Crippen LogP contribution in [0.15, 0.2) is 12.4 Å². The summed E-state index contributed by atoms with van der Waals surface area (Å²) < 4.78 is 42.8.